The molecule has 57 heavy (non-hydrogen) atoms. The molecule has 2 aromatic heterocycles. The van der Waals surface area contributed by atoms with E-state index < -0.39 is 0 Å². The molecular weight excluding hydrogens is 728 g/mol. The molecule has 0 bridgehead atoms. The summed E-state index contributed by atoms with van der Waals surface area (Å²) in [6, 6.07) is 32.9. The smallest absolute Gasteiger partial charge is 0.307 e. The van der Waals surface area contributed by atoms with Gasteiger partial charge >= 0.3 is 11.9 Å². The number of hydrogen-bond acceptors (Lipinski definition) is 12. The first-order valence-corrected chi connectivity index (χ1v) is 17.2. The largest absolute Gasteiger partial charge is 0.508 e. The fraction of sp³-hybridized carbons (Fsp3) is 0.289. The third-order valence-electron chi connectivity index (χ3n) is 8.38. The van der Waals surface area contributed by atoms with Crippen LogP contribution in [0, 0.1) is 0 Å². The maximum Gasteiger partial charge on any atom is 0.307 e. The second-order valence-corrected chi connectivity index (χ2v) is 12.0. The Bertz CT molecular complexity index is 1980. The second kappa shape index (κ2) is 24.1. The van der Waals surface area contributed by atoms with Gasteiger partial charge in [-0.1, -0.05) is 81.1 Å². The lowest BCUT2D eigenvalue weighted by Gasteiger charge is -2.15. The lowest BCUT2D eigenvalue weighted by Crippen LogP contribution is -2.12. The monoisotopic (exact) mass is 782 g/mol. The van der Waals surface area contributed by atoms with E-state index in [9.17, 15) is 14.7 Å². The number of ether oxygens (including phenoxy) is 5. The Kier molecular flexibility index (Phi) is 19.7. The molecular formula is C45H54N2O10. The van der Waals surface area contributed by atoms with Crippen LogP contribution in [0.2, 0.25) is 0 Å². The van der Waals surface area contributed by atoms with Gasteiger partial charge in [0.15, 0.2) is 0 Å². The van der Waals surface area contributed by atoms with Crippen molar-refractivity contribution in [2.24, 2.45) is 0 Å². The van der Waals surface area contributed by atoms with Gasteiger partial charge in [-0.3, -0.25) is 9.59 Å². The summed E-state index contributed by atoms with van der Waals surface area (Å²) in [4.78, 5) is 24.3. The summed E-state index contributed by atoms with van der Waals surface area (Å²) in [6.45, 7) is 2.74. The van der Waals surface area contributed by atoms with Crippen LogP contribution < -0.4 is 14.2 Å². The van der Waals surface area contributed by atoms with Crippen LogP contribution in [-0.2, 0) is 32.3 Å². The molecule has 1 N–H and O–H groups in total. The van der Waals surface area contributed by atoms with Crippen molar-refractivity contribution in [2.75, 3.05) is 20.8 Å². The molecule has 2 heterocycles. The van der Waals surface area contributed by atoms with Crippen molar-refractivity contribution in [1.82, 2.24) is 10.3 Å². The van der Waals surface area contributed by atoms with Crippen LogP contribution in [-0.4, -0.2) is 48.2 Å². The predicted octanol–water partition coefficient (Wildman–Crippen LogP) is 9.91. The fourth-order valence-corrected chi connectivity index (χ4v) is 5.48. The number of benzene rings is 4. The van der Waals surface area contributed by atoms with E-state index >= 15 is 0 Å². The van der Waals surface area contributed by atoms with Crippen molar-refractivity contribution in [3.63, 3.8) is 0 Å². The Morgan fingerprint density at radius 1 is 0.579 bits per heavy atom. The van der Waals surface area contributed by atoms with Crippen molar-refractivity contribution >= 4 is 11.9 Å². The molecule has 6 rings (SSSR count). The zero-order chi connectivity index (χ0) is 38.1. The minimum absolute atomic E-state index is 0. The Balaban J connectivity index is 0.000000436. The van der Waals surface area contributed by atoms with Crippen LogP contribution in [0.25, 0.3) is 0 Å². The highest BCUT2D eigenvalue weighted by Gasteiger charge is 2.23. The van der Waals surface area contributed by atoms with Gasteiger partial charge in [0, 0.05) is 24.0 Å². The summed E-state index contributed by atoms with van der Waals surface area (Å²) >= 11 is 0. The van der Waals surface area contributed by atoms with E-state index in [-0.39, 0.29) is 71.3 Å². The third kappa shape index (κ3) is 14.2. The molecule has 4 aromatic carbocycles. The van der Waals surface area contributed by atoms with Gasteiger partial charge in [-0.05, 0) is 77.7 Å². The minimum atomic E-state index is -0.325. The standard InChI is InChI=1S/C28H27NO6.C14H15NO4.3CH4/c1-31-23-9-3-20(4-10-23)18-33-25-13-7-22(8-14-25)26(27-15-16-35-29-27)17-28(30)34-19-21-5-11-24(32-2)12-6-21;1-2-18-14(17)9-12(13-7-8-19-15-13)10-3-5-11(16)6-4-10;;;/h3-16,26H,17-19H2,1-2H3;3-8,12,16H,2,9H2,1H3;3*1H4. The van der Waals surface area contributed by atoms with Crippen molar-refractivity contribution in [3.8, 4) is 23.0 Å². The molecule has 0 saturated heterocycles. The maximum atomic E-state index is 12.7. The van der Waals surface area contributed by atoms with Crippen LogP contribution in [0.1, 0.15) is 87.5 Å². The number of aromatic nitrogens is 2. The van der Waals surface area contributed by atoms with Crippen molar-refractivity contribution < 1.29 is 47.4 Å². The quantitative estimate of drug-likeness (QED) is 0.0930. The molecule has 0 aliphatic rings. The number of phenolic OH excluding ortho intramolecular Hbond substituents is 1. The van der Waals surface area contributed by atoms with Gasteiger partial charge in [-0.25, -0.2) is 0 Å². The van der Waals surface area contributed by atoms with Crippen LogP contribution in [0.15, 0.2) is 131 Å². The zero-order valence-corrected chi connectivity index (χ0v) is 30.3. The first-order valence-electron chi connectivity index (χ1n) is 17.2. The molecule has 2 atom stereocenters. The second-order valence-electron chi connectivity index (χ2n) is 12.0. The summed E-state index contributed by atoms with van der Waals surface area (Å²) in [5.74, 6) is 1.31. The van der Waals surface area contributed by atoms with Gasteiger partial charge in [-0.2, -0.15) is 0 Å². The SMILES string of the molecule is C.C.C.CCOC(=O)CC(c1ccc(O)cc1)c1ccon1.COc1ccc(COC(=O)CC(c2ccc(OCc3ccc(OC)cc3)cc2)c2ccon2)cc1. The number of rotatable bonds is 16. The molecule has 304 valence electrons. The molecule has 6 aromatic rings. The molecule has 0 radical (unpaired) electrons. The minimum Gasteiger partial charge on any atom is -0.508 e. The molecule has 0 fully saturated rings. The van der Waals surface area contributed by atoms with E-state index in [1.165, 1.54) is 12.5 Å². The van der Waals surface area contributed by atoms with E-state index in [4.69, 9.17) is 32.7 Å². The van der Waals surface area contributed by atoms with E-state index in [0.29, 0.717) is 24.6 Å². The first kappa shape index (κ1) is 46.6. The number of hydrogen-bond donors (Lipinski definition) is 1. The predicted molar refractivity (Wildman–Crippen MR) is 217 cm³/mol. The number of carbonyl (C=O) groups excluding carboxylic acids is 2. The van der Waals surface area contributed by atoms with Crippen LogP contribution in [0.4, 0.5) is 0 Å². The number of aromatic hydroxyl groups is 1. The third-order valence-corrected chi connectivity index (χ3v) is 8.38. The van der Waals surface area contributed by atoms with Crippen molar-refractivity contribution in [2.45, 2.75) is 67.1 Å². The molecule has 0 saturated carbocycles. The summed E-state index contributed by atoms with van der Waals surface area (Å²) < 4.78 is 36.6. The summed E-state index contributed by atoms with van der Waals surface area (Å²) in [5, 5.41) is 17.3. The van der Waals surface area contributed by atoms with Gasteiger partial charge in [-0.15, -0.1) is 0 Å². The lowest BCUT2D eigenvalue weighted by molar-refractivity contribution is -0.145. The molecule has 2 unspecified atom stereocenters. The number of nitrogens with zero attached hydrogens (tertiary/aromatic N) is 2. The van der Waals surface area contributed by atoms with Gasteiger partial charge in [0.05, 0.1) is 45.1 Å². The highest BCUT2D eigenvalue weighted by atomic mass is 16.5. The Morgan fingerprint density at radius 3 is 1.42 bits per heavy atom. The average molecular weight is 783 g/mol. The molecule has 0 aliphatic heterocycles. The lowest BCUT2D eigenvalue weighted by atomic mass is 9.92. The van der Waals surface area contributed by atoms with Crippen LogP contribution >= 0.6 is 0 Å². The molecule has 12 heteroatoms. The first-order chi connectivity index (χ1) is 26.3. The summed E-state index contributed by atoms with van der Waals surface area (Å²) in [7, 11) is 3.25. The molecule has 0 spiro atoms. The van der Waals surface area contributed by atoms with E-state index in [2.05, 4.69) is 10.3 Å². The molecule has 12 nitrogen and oxygen atoms in total. The fourth-order valence-electron chi connectivity index (χ4n) is 5.48. The highest BCUT2D eigenvalue weighted by Crippen LogP contribution is 2.30. The number of esters is 2. The number of phenols is 1. The number of methoxy groups -OCH3 is 2. The summed E-state index contributed by atoms with van der Waals surface area (Å²) in [5.41, 5.74) is 5.04. The Hall–Kier alpha value is -6.56. The average Bonchev–Trinajstić information content (AvgIpc) is 3.95. The van der Waals surface area contributed by atoms with Gasteiger partial charge in [0.25, 0.3) is 0 Å². The van der Waals surface area contributed by atoms with Crippen LogP contribution in [0.5, 0.6) is 23.0 Å². The van der Waals surface area contributed by atoms with Gasteiger partial charge < -0.3 is 37.8 Å². The summed E-state index contributed by atoms with van der Waals surface area (Å²) in [6.07, 6.45) is 3.28. The normalized spacial score (nSPS) is 11.1. The van der Waals surface area contributed by atoms with E-state index in [1.54, 1.807) is 57.5 Å². The number of carbonyl (C=O) groups is 2. The van der Waals surface area contributed by atoms with E-state index in [0.717, 1.165) is 39.5 Å². The van der Waals surface area contributed by atoms with Crippen LogP contribution in [0.3, 0.4) is 0 Å². The van der Waals surface area contributed by atoms with E-state index in [1.807, 2.05) is 72.8 Å². The zero-order valence-electron chi connectivity index (χ0n) is 30.3. The Morgan fingerprint density at radius 2 is 1.00 bits per heavy atom. The Labute approximate surface area is 335 Å². The molecule has 0 aliphatic carbocycles. The van der Waals surface area contributed by atoms with Crippen molar-refractivity contribution in [3.05, 3.63) is 155 Å². The van der Waals surface area contributed by atoms with Gasteiger partial charge in [0.2, 0.25) is 0 Å². The highest BCUT2D eigenvalue weighted by molar-refractivity contribution is 5.72. The molecule has 0 amide bonds. The maximum absolute atomic E-state index is 12.7. The van der Waals surface area contributed by atoms with Crippen molar-refractivity contribution in [1.29, 1.82) is 0 Å². The topological polar surface area (TPSA) is 153 Å². The van der Waals surface area contributed by atoms with Gasteiger partial charge in [0.1, 0.15) is 48.7 Å².